The molecule has 0 radical (unpaired) electrons. The van der Waals surface area contributed by atoms with Crippen LogP contribution in [0, 0.1) is 12.3 Å². The molecule has 1 heterocycles. The van der Waals surface area contributed by atoms with Gasteiger partial charge in [-0.3, -0.25) is 4.90 Å². The maximum Gasteiger partial charge on any atom is 0.410 e. The molecule has 1 amide bonds. The van der Waals surface area contributed by atoms with E-state index in [0.29, 0.717) is 0 Å². The van der Waals surface area contributed by atoms with Crippen LogP contribution in [0.2, 0.25) is 0 Å². The minimum Gasteiger partial charge on any atom is -0.453 e. The lowest BCUT2D eigenvalue weighted by Gasteiger charge is -2.18. The molecule has 1 aliphatic rings. The molecule has 3 nitrogen and oxygen atoms in total. The van der Waals surface area contributed by atoms with Gasteiger partial charge in [-0.15, -0.1) is 6.42 Å². The quantitative estimate of drug-likeness (QED) is 0.483. The van der Waals surface area contributed by atoms with Gasteiger partial charge in [0.15, 0.2) is 0 Å². The topological polar surface area (TPSA) is 29.5 Å². The normalized spacial score (nSPS) is 22.9. The first-order valence-electron chi connectivity index (χ1n) is 3.60. The Morgan fingerprint density at radius 1 is 1.82 bits per heavy atom. The van der Waals surface area contributed by atoms with Crippen LogP contribution in [0.25, 0.3) is 0 Å². The second-order valence-electron chi connectivity index (χ2n) is 2.49. The molecule has 0 spiro atoms. The molecule has 11 heavy (non-hydrogen) atoms. The Labute approximate surface area is 66.3 Å². The Hall–Kier alpha value is -1.17. The zero-order chi connectivity index (χ0) is 8.27. The third-order valence-electron chi connectivity index (χ3n) is 1.85. The van der Waals surface area contributed by atoms with Crippen molar-refractivity contribution in [2.24, 2.45) is 0 Å². The molecule has 60 valence electrons. The molecule has 0 N–H and O–H groups in total. The molecule has 1 aliphatic heterocycles. The number of likely N-dealkylation sites (tertiary alicyclic amines) is 1. The first-order chi connectivity index (χ1) is 5.29. The van der Waals surface area contributed by atoms with Crippen molar-refractivity contribution >= 4 is 6.09 Å². The van der Waals surface area contributed by atoms with Gasteiger partial charge in [-0.25, -0.2) is 4.79 Å². The molecule has 0 aromatic rings. The van der Waals surface area contributed by atoms with Gasteiger partial charge < -0.3 is 4.74 Å². The highest BCUT2D eigenvalue weighted by Gasteiger charge is 2.27. The first-order valence-corrected chi connectivity index (χ1v) is 3.60. The molecular weight excluding hydrogens is 142 g/mol. The first kappa shape index (κ1) is 7.93. The number of ether oxygens (including phenoxy) is 1. The monoisotopic (exact) mass is 153 g/mol. The van der Waals surface area contributed by atoms with Gasteiger partial charge in [0.25, 0.3) is 0 Å². The summed E-state index contributed by atoms with van der Waals surface area (Å²) in [7, 11) is 1.37. The summed E-state index contributed by atoms with van der Waals surface area (Å²) < 4.78 is 4.56. The summed E-state index contributed by atoms with van der Waals surface area (Å²) in [6.07, 6.45) is 6.77. The van der Waals surface area contributed by atoms with Crippen molar-refractivity contribution < 1.29 is 9.53 Å². The summed E-state index contributed by atoms with van der Waals surface area (Å²) in [5.74, 6) is 2.55. The highest BCUT2D eigenvalue weighted by Crippen LogP contribution is 2.16. The number of carbonyl (C=O) groups excluding carboxylic acids is 1. The Balaban J connectivity index is 2.58. The zero-order valence-electron chi connectivity index (χ0n) is 6.54. The summed E-state index contributed by atoms with van der Waals surface area (Å²) in [6.45, 7) is 0.724. The molecule has 0 aromatic carbocycles. The van der Waals surface area contributed by atoms with Crippen LogP contribution in [0.15, 0.2) is 0 Å². The van der Waals surface area contributed by atoms with E-state index >= 15 is 0 Å². The molecule has 0 saturated carbocycles. The van der Waals surface area contributed by atoms with Gasteiger partial charge in [-0.05, 0) is 12.8 Å². The van der Waals surface area contributed by atoms with Crippen molar-refractivity contribution in [2.75, 3.05) is 13.7 Å². The predicted octanol–water partition coefficient (Wildman–Crippen LogP) is 0.850. The summed E-state index contributed by atoms with van der Waals surface area (Å²) >= 11 is 0. The number of hydrogen-bond donors (Lipinski definition) is 0. The Bertz CT molecular complexity index is 195. The van der Waals surface area contributed by atoms with Crippen LogP contribution in [0.4, 0.5) is 4.79 Å². The van der Waals surface area contributed by atoms with Crippen molar-refractivity contribution in [3.8, 4) is 12.3 Å². The molecule has 1 saturated heterocycles. The summed E-state index contributed by atoms with van der Waals surface area (Å²) in [6, 6.07) is -0.0533. The number of amides is 1. The van der Waals surface area contributed by atoms with E-state index in [0.717, 1.165) is 19.4 Å². The van der Waals surface area contributed by atoms with Gasteiger partial charge >= 0.3 is 6.09 Å². The Morgan fingerprint density at radius 2 is 2.55 bits per heavy atom. The van der Waals surface area contributed by atoms with Crippen LogP contribution < -0.4 is 0 Å². The van der Waals surface area contributed by atoms with Gasteiger partial charge in [-0.2, -0.15) is 0 Å². The third-order valence-corrected chi connectivity index (χ3v) is 1.85. The molecule has 0 aliphatic carbocycles. The second kappa shape index (κ2) is 3.29. The van der Waals surface area contributed by atoms with Crippen molar-refractivity contribution in [1.82, 2.24) is 4.90 Å². The molecule has 1 fully saturated rings. The smallest absolute Gasteiger partial charge is 0.410 e. The van der Waals surface area contributed by atoms with Crippen LogP contribution in [-0.4, -0.2) is 30.7 Å². The SMILES string of the molecule is C#CC1CCCN1C(=O)OC. The molecule has 0 bridgehead atoms. The lowest BCUT2D eigenvalue weighted by Crippen LogP contribution is -2.34. The number of rotatable bonds is 0. The molecular formula is C8H11NO2. The van der Waals surface area contributed by atoms with Crippen LogP contribution in [0.3, 0.4) is 0 Å². The Kier molecular flexibility index (Phi) is 2.37. The van der Waals surface area contributed by atoms with Crippen molar-refractivity contribution in [1.29, 1.82) is 0 Å². The van der Waals surface area contributed by atoms with Gasteiger partial charge in [0.05, 0.1) is 13.2 Å². The molecule has 3 heteroatoms. The van der Waals surface area contributed by atoms with E-state index in [2.05, 4.69) is 10.7 Å². The fraction of sp³-hybridized carbons (Fsp3) is 0.625. The number of terminal acetylenes is 1. The van der Waals surface area contributed by atoms with E-state index in [4.69, 9.17) is 6.42 Å². The van der Waals surface area contributed by atoms with Crippen molar-refractivity contribution in [3.63, 3.8) is 0 Å². The van der Waals surface area contributed by atoms with Crippen LogP contribution in [0.5, 0.6) is 0 Å². The zero-order valence-corrected chi connectivity index (χ0v) is 6.54. The van der Waals surface area contributed by atoms with Gasteiger partial charge in [0, 0.05) is 6.54 Å². The minimum absolute atomic E-state index is 0.0533. The maximum absolute atomic E-state index is 11.0. The lowest BCUT2D eigenvalue weighted by atomic mass is 10.2. The van der Waals surface area contributed by atoms with E-state index in [1.54, 1.807) is 4.90 Å². The molecule has 1 unspecified atom stereocenters. The fourth-order valence-electron chi connectivity index (χ4n) is 1.28. The van der Waals surface area contributed by atoms with Crippen LogP contribution in [0.1, 0.15) is 12.8 Å². The van der Waals surface area contributed by atoms with Crippen molar-refractivity contribution in [2.45, 2.75) is 18.9 Å². The van der Waals surface area contributed by atoms with E-state index < -0.39 is 0 Å². The van der Waals surface area contributed by atoms with Gasteiger partial charge in [-0.1, -0.05) is 5.92 Å². The largest absolute Gasteiger partial charge is 0.453 e. The summed E-state index contributed by atoms with van der Waals surface area (Å²) in [4.78, 5) is 12.6. The second-order valence-corrected chi connectivity index (χ2v) is 2.49. The molecule has 1 rings (SSSR count). The average molecular weight is 153 g/mol. The maximum atomic E-state index is 11.0. The number of methoxy groups -OCH3 is 1. The minimum atomic E-state index is -0.314. The number of hydrogen-bond acceptors (Lipinski definition) is 2. The average Bonchev–Trinajstić information content (AvgIpc) is 2.50. The molecule has 0 aromatic heterocycles. The lowest BCUT2D eigenvalue weighted by molar-refractivity contribution is 0.126. The summed E-state index contributed by atoms with van der Waals surface area (Å²) in [5.41, 5.74) is 0. The van der Waals surface area contributed by atoms with Gasteiger partial charge in [0.2, 0.25) is 0 Å². The van der Waals surface area contributed by atoms with Crippen LogP contribution in [-0.2, 0) is 4.74 Å². The standard InChI is InChI=1S/C8H11NO2/c1-3-7-5-4-6-9(7)8(10)11-2/h1,7H,4-6H2,2H3. The van der Waals surface area contributed by atoms with E-state index in [1.165, 1.54) is 7.11 Å². The highest BCUT2D eigenvalue weighted by atomic mass is 16.5. The van der Waals surface area contributed by atoms with Gasteiger partial charge in [0.1, 0.15) is 0 Å². The number of carbonyl (C=O) groups is 1. The molecule has 1 atom stereocenters. The number of nitrogens with zero attached hydrogens (tertiary/aromatic N) is 1. The Morgan fingerprint density at radius 3 is 3.09 bits per heavy atom. The third kappa shape index (κ3) is 1.45. The van der Waals surface area contributed by atoms with E-state index in [-0.39, 0.29) is 12.1 Å². The summed E-state index contributed by atoms with van der Waals surface area (Å²) in [5, 5.41) is 0. The van der Waals surface area contributed by atoms with Crippen LogP contribution >= 0.6 is 0 Å². The van der Waals surface area contributed by atoms with Crippen molar-refractivity contribution in [3.05, 3.63) is 0 Å². The fourth-order valence-corrected chi connectivity index (χ4v) is 1.28. The van der Waals surface area contributed by atoms with E-state index in [9.17, 15) is 4.79 Å². The van der Waals surface area contributed by atoms with E-state index in [1.807, 2.05) is 0 Å². The predicted molar refractivity (Wildman–Crippen MR) is 41.0 cm³/mol. The highest BCUT2D eigenvalue weighted by molar-refractivity contribution is 5.68.